The minimum atomic E-state index is -2.89. The van der Waals surface area contributed by atoms with Crippen molar-refractivity contribution < 1.29 is 8.42 Å². The van der Waals surface area contributed by atoms with Crippen LogP contribution in [-0.2, 0) is 9.84 Å². The Hall–Kier alpha value is -0.130. The van der Waals surface area contributed by atoms with Gasteiger partial charge in [0.15, 0.2) is 9.84 Å². The molecule has 1 saturated heterocycles. The third-order valence-corrected chi connectivity index (χ3v) is 6.46. The number of nitrogens with zero attached hydrogens (tertiary/aromatic N) is 1. The van der Waals surface area contributed by atoms with Gasteiger partial charge in [-0.1, -0.05) is 6.92 Å². The van der Waals surface area contributed by atoms with Crippen LogP contribution in [0.2, 0.25) is 0 Å². The molecule has 0 aromatic carbocycles. The maximum absolute atomic E-state index is 11.8. The first-order valence-electron chi connectivity index (χ1n) is 7.54. The van der Waals surface area contributed by atoms with E-state index in [1.54, 1.807) is 13.8 Å². The van der Waals surface area contributed by atoms with Crippen molar-refractivity contribution in [3.8, 4) is 0 Å². The van der Waals surface area contributed by atoms with Crippen LogP contribution in [0.3, 0.4) is 0 Å². The second kappa shape index (κ2) is 7.60. The van der Waals surface area contributed by atoms with Crippen molar-refractivity contribution in [2.24, 2.45) is 5.92 Å². The molecule has 0 aromatic rings. The molecule has 0 bridgehead atoms. The lowest BCUT2D eigenvalue weighted by Crippen LogP contribution is -2.43. The van der Waals surface area contributed by atoms with Crippen molar-refractivity contribution in [3.63, 3.8) is 0 Å². The molecule has 114 valence electrons. The number of hydrogen-bond donors (Lipinski definition) is 1. The minimum absolute atomic E-state index is 0.251. The molecular weight excluding hydrogens is 260 g/mol. The van der Waals surface area contributed by atoms with Gasteiger partial charge in [-0.15, -0.1) is 0 Å². The lowest BCUT2D eigenvalue weighted by molar-refractivity contribution is 0.170. The normalized spacial score (nSPS) is 20.9. The molecule has 1 aliphatic rings. The molecule has 0 aliphatic carbocycles. The molecule has 1 N–H and O–H groups in total. The Morgan fingerprint density at radius 3 is 2.26 bits per heavy atom. The van der Waals surface area contributed by atoms with Gasteiger partial charge in [-0.25, -0.2) is 8.42 Å². The first-order valence-corrected chi connectivity index (χ1v) is 9.25. The second-order valence-electron chi connectivity index (χ2n) is 5.94. The summed E-state index contributed by atoms with van der Waals surface area (Å²) >= 11 is 0. The molecule has 0 aromatic heterocycles. The average Bonchev–Trinajstić information content (AvgIpc) is 2.37. The second-order valence-corrected chi connectivity index (χ2v) is 8.62. The molecule has 1 rings (SSSR count). The van der Waals surface area contributed by atoms with E-state index in [0.717, 1.165) is 25.6 Å². The molecule has 4 nitrogen and oxygen atoms in total. The summed E-state index contributed by atoms with van der Waals surface area (Å²) in [6.07, 6.45) is 2.35. The Labute approximate surface area is 118 Å². The van der Waals surface area contributed by atoms with Crippen LogP contribution in [0.4, 0.5) is 0 Å². The Morgan fingerprint density at radius 2 is 1.79 bits per heavy atom. The van der Waals surface area contributed by atoms with Crippen molar-refractivity contribution in [2.75, 3.05) is 31.9 Å². The highest BCUT2D eigenvalue weighted by Gasteiger charge is 2.24. The monoisotopic (exact) mass is 290 g/mol. The van der Waals surface area contributed by atoms with E-state index < -0.39 is 9.84 Å². The molecule has 19 heavy (non-hydrogen) atoms. The SMILES string of the molecule is CCNC(C)C1CCN(CCS(=O)(=O)C(C)C)CC1. The van der Waals surface area contributed by atoms with E-state index in [-0.39, 0.29) is 5.25 Å². The summed E-state index contributed by atoms with van der Waals surface area (Å²) in [5.74, 6) is 1.04. The average molecular weight is 290 g/mol. The Balaban J connectivity index is 2.31. The van der Waals surface area contributed by atoms with E-state index in [9.17, 15) is 8.42 Å². The number of rotatable bonds is 7. The molecule has 1 fully saturated rings. The molecule has 1 unspecified atom stereocenters. The summed E-state index contributed by atoms with van der Waals surface area (Å²) in [6, 6.07) is 0.576. The highest BCUT2D eigenvalue weighted by molar-refractivity contribution is 7.92. The molecule has 1 aliphatic heterocycles. The maximum Gasteiger partial charge on any atom is 0.153 e. The van der Waals surface area contributed by atoms with Gasteiger partial charge in [0.25, 0.3) is 0 Å². The van der Waals surface area contributed by atoms with Crippen LogP contribution in [-0.4, -0.2) is 56.5 Å². The van der Waals surface area contributed by atoms with Gasteiger partial charge in [-0.05, 0) is 59.2 Å². The van der Waals surface area contributed by atoms with Gasteiger partial charge < -0.3 is 10.2 Å². The highest BCUT2D eigenvalue weighted by Crippen LogP contribution is 2.20. The zero-order chi connectivity index (χ0) is 14.5. The van der Waals surface area contributed by atoms with Crippen molar-refractivity contribution in [1.29, 1.82) is 0 Å². The van der Waals surface area contributed by atoms with Crippen LogP contribution < -0.4 is 5.32 Å². The Kier molecular flexibility index (Phi) is 6.77. The third kappa shape index (κ3) is 5.40. The number of piperidine rings is 1. The number of likely N-dealkylation sites (tertiary alicyclic amines) is 1. The maximum atomic E-state index is 11.8. The summed E-state index contributed by atoms with van der Waals surface area (Å²) in [5.41, 5.74) is 0. The van der Waals surface area contributed by atoms with Crippen molar-refractivity contribution in [3.05, 3.63) is 0 Å². The topological polar surface area (TPSA) is 49.4 Å². The van der Waals surface area contributed by atoms with Gasteiger partial charge in [-0.2, -0.15) is 0 Å². The van der Waals surface area contributed by atoms with Crippen LogP contribution in [0.15, 0.2) is 0 Å². The van der Waals surface area contributed by atoms with Crippen molar-refractivity contribution >= 4 is 9.84 Å². The van der Waals surface area contributed by atoms with E-state index in [1.165, 1.54) is 12.8 Å². The largest absolute Gasteiger partial charge is 0.314 e. The number of nitrogens with one attached hydrogen (secondary N) is 1. The summed E-state index contributed by atoms with van der Waals surface area (Å²) in [4.78, 5) is 2.30. The standard InChI is InChI=1S/C14H30N2O2S/c1-5-15-13(4)14-6-8-16(9-7-14)10-11-19(17,18)12(2)3/h12-15H,5-11H2,1-4H3. The quantitative estimate of drug-likeness (QED) is 0.772. The van der Waals surface area contributed by atoms with Gasteiger partial charge in [0.05, 0.1) is 11.0 Å². The highest BCUT2D eigenvalue weighted by atomic mass is 32.2. The fourth-order valence-corrected chi connectivity index (χ4v) is 3.64. The summed E-state index contributed by atoms with van der Waals surface area (Å²) in [5, 5.41) is 3.24. The van der Waals surface area contributed by atoms with Gasteiger partial charge in [0, 0.05) is 12.6 Å². The van der Waals surface area contributed by atoms with Crippen LogP contribution in [0.25, 0.3) is 0 Å². The van der Waals surface area contributed by atoms with E-state index in [0.29, 0.717) is 18.3 Å². The first-order chi connectivity index (χ1) is 8.86. The van der Waals surface area contributed by atoms with Gasteiger partial charge in [0.2, 0.25) is 0 Å². The molecule has 0 spiro atoms. The summed E-state index contributed by atoms with van der Waals surface area (Å²) < 4.78 is 23.6. The lowest BCUT2D eigenvalue weighted by atomic mass is 9.90. The Bertz CT molecular complexity index is 346. The van der Waals surface area contributed by atoms with Gasteiger partial charge in [0.1, 0.15) is 0 Å². The van der Waals surface area contributed by atoms with Crippen molar-refractivity contribution in [2.45, 2.75) is 51.8 Å². The van der Waals surface area contributed by atoms with Gasteiger partial charge >= 0.3 is 0 Å². The molecule has 5 heteroatoms. The predicted molar refractivity (Wildman–Crippen MR) is 81.2 cm³/mol. The zero-order valence-electron chi connectivity index (χ0n) is 12.9. The fourth-order valence-electron chi connectivity index (χ4n) is 2.66. The van der Waals surface area contributed by atoms with E-state index in [1.807, 2.05) is 0 Å². The molecule has 1 heterocycles. The number of hydrogen-bond acceptors (Lipinski definition) is 4. The minimum Gasteiger partial charge on any atom is -0.314 e. The van der Waals surface area contributed by atoms with E-state index in [2.05, 4.69) is 24.1 Å². The smallest absolute Gasteiger partial charge is 0.153 e. The Morgan fingerprint density at radius 1 is 1.21 bits per heavy atom. The van der Waals surface area contributed by atoms with Gasteiger partial charge in [-0.3, -0.25) is 0 Å². The van der Waals surface area contributed by atoms with Crippen LogP contribution >= 0.6 is 0 Å². The number of sulfone groups is 1. The molecule has 0 radical (unpaired) electrons. The van der Waals surface area contributed by atoms with E-state index >= 15 is 0 Å². The molecule has 0 amide bonds. The van der Waals surface area contributed by atoms with Crippen LogP contribution in [0.1, 0.15) is 40.5 Å². The summed E-state index contributed by atoms with van der Waals surface area (Å²) in [7, 11) is -2.89. The van der Waals surface area contributed by atoms with E-state index in [4.69, 9.17) is 0 Å². The lowest BCUT2D eigenvalue weighted by Gasteiger charge is -2.35. The molecular formula is C14H30N2O2S. The molecule has 0 saturated carbocycles. The summed E-state index contributed by atoms with van der Waals surface area (Å²) in [6.45, 7) is 11.7. The van der Waals surface area contributed by atoms with Crippen LogP contribution in [0.5, 0.6) is 0 Å². The van der Waals surface area contributed by atoms with Crippen LogP contribution in [0, 0.1) is 5.92 Å². The third-order valence-electron chi connectivity index (χ3n) is 4.28. The first kappa shape index (κ1) is 16.9. The molecule has 1 atom stereocenters. The zero-order valence-corrected chi connectivity index (χ0v) is 13.7. The predicted octanol–water partition coefficient (Wildman–Crippen LogP) is 1.52. The fraction of sp³-hybridized carbons (Fsp3) is 1.00. The van der Waals surface area contributed by atoms with Crippen molar-refractivity contribution in [1.82, 2.24) is 10.2 Å².